The Morgan fingerprint density at radius 2 is 1.11 bits per heavy atom. The van der Waals surface area contributed by atoms with Crippen LogP contribution in [0.5, 0.6) is 0 Å². The smallest absolute Gasteiger partial charge is 0.110 e. The maximum Gasteiger partial charge on any atom is 0.110 e. The molecular weight excluding hydrogens is 232 g/mol. The molecule has 0 heterocycles. The average Bonchev–Trinajstić information content (AvgIpc) is 2.34. The summed E-state index contributed by atoms with van der Waals surface area (Å²) in [5, 5.41) is 0. The van der Waals surface area contributed by atoms with E-state index in [0.717, 1.165) is 19.4 Å². The van der Waals surface area contributed by atoms with E-state index >= 15 is 0 Å². The van der Waals surface area contributed by atoms with E-state index in [-0.39, 0.29) is 24.4 Å². The quantitative estimate of drug-likeness (QED) is 0.671. The first-order valence-corrected chi connectivity index (χ1v) is 7.23. The van der Waals surface area contributed by atoms with Crippen molar-refractivity contribution in [1.29, 1.82) is 0 Å². The van der Waals surface area contributed by atoms with Crippen LogP contribution in [0, 0.1) is 0 Å². The molecule has 1 rings (SSSR count). The van der Waals surface area contributed by atoms with Crippen molar-refractivity contribution >= 4 is 0 Å². The summed E-state index contributed by atoms with van der Waals surface area (Å²) in [6.07, 6.45) is 2.21. The minimum absolute atomic E-state index is 0.0339. The van der Waals surface area contributed by atoms with Gasteiger partial charge in [-0.05, 0) is 27.7 Å². The molecule has 108 valence electrons. The minimum atomic E-state index is 0.0339. The van der Waals surface area contributed by atoms with Crippen LogP contribution in [0.25, 0.3) is 0 Å². The van der Waals surface area contributed by atoms with Crippen LogP contribution >= 0.6 is 0 Å². The van der Waals surface area contributed by atoms with Gasteiger partial charge in [-0.15, -0.1) is 0 Å². The van der Waals surface area contributed by atoms with E-state index in [0.29, 0.717) is 19.8 Å². The number of hydrogen-bond acceptors (Lipinski definition) is 4. The normalized spacial score (nSPS) is 32.7. The molecule has 0 saturated heterocycles. The topological polar surface area (TPSA) is 36.9 Å². The van der Waals surface area contributed by atoms with Crippen molar-refractivity contribution in [2.75, 3.05) is 26.4 Å². The summed E-state index contributed by atoms with van der Waals surface area (Å²) < 4.78 is 23.2. The van der Waals surface area contributed by atoms with E-state index in [2.05, 4.69) is 0 Å². The van der Waals surface area contributed by atoms with E-state index in [1.807, 2.05) is 27.7 Å². The van der Waals surface area contributed by atoms with Crippen LogP contribution < -0.4 is 0 Å². The highest BCUT2D eigenvalue weighted by atomic mass is 16.6. The highest BCUT2D eigenvalue weighted by Crippen LogP contribution is 2.29. The molecule has 3 unspecified atom stereocenters. The van der Waals surface area contributed by atoms with Gasteiger partial charge in [-0.2, -0.15) is 0 Å². The monoisotopic (exact) mass is 260 g/mol. The Labute approximate surface area is 111 Å². The van der Waals surface area contributed by atoms with Gasteiger partial charge in [-0.3, -0.25) is 0 Å². The van der Waals surface area contributed by atoms with Crippen molar-refractivity contribution in [3.05, 3.63) is 0 Å². The van der Waals surface area contributed by atoms with Gasteiger partial charge in [0.05, 0.1) is 18.3 Å². The van der Waals surface area contributed by atoms with Gasteiger partial charge < -0.3 is 18.9 Å². The van der Waals surface area contributed by atoms with Gasteiger partial charge >= 0.3 is 0 Å². The minimum Gasteiger partial charge on any atom is -0.378 e. The van der Waals surface area contributed by atoms with Crippen molar-refractivity contribution in [2.24, 2.45) is 0 Å². The largest absolute Gasteiger partial charge is 0.378 e. The molecule has 0 aliphatic heterocycles. The lowest BCUT2D eigenvalue weighted by Gasteiger charge is -2.40. The fourth-order valence-corrected chi connectivity index (χ4v) is 2.65. The standard InChI is InChI=1S/C14H28O4/c1-5-15-11-9-12(16-6-2)14(18-8-4)13(10-11)17-7-3/h11-14H,5-10H2,1-4H3/t11?,12-,13?,14?/m1/s1. The van der Waals surface area contributed by atoms with Crippen molar-refractivity contribution in [1.82, 2.24) is 0 Å². The summed E-state index contributed by atoms with van der Waals surface area (Å²) in [6.45, 7) is 10.9. The third-order valence-electron chi connectivity index (χ3n) is 3.25. The maximum atomic E-state index is 5.83. The van der Waals surface area contributed by atoms with Crippen LogP contribution in [-0.2, 0) is 18.9 Å². The van der Waals surface area contributed by atoms with Gasteiger partial charge in [0.25, 0.3) is 0 Å². The van der Waals surface area contributed by atoms with Gasteiger partial charge in [-0.25, -0.2) is 0 Å². The van der Waals surface area contributed by atoms with E-state index in [1.54, 1.807) is 0 Å². The second kappa shape index (κ2) is 8.86. The summed E-state index contributed by atoms with van der Waals surface area (Å²) in [6, 6.07) is 0. The van der Waals surface area contributed by atoms with E-state index in [9.17, 15) is 0 Å². The Hall–Kier alpha value is -0.160. The lowest BCUT2D eigenvalue weighted by Crippen LogP contribution is -2.50. The molecule has 0 aromatic heterocycles. The van der Waals surface area contributed by atoms with Crippen LogP contribution in [0.3, 0.4) is 0 Å². The Morgan fingerprint density at radius 3 is 1.50 bits per heavy atom. The van der Waals surface area contributed by atoms with Crippen LogP contribution in [0.1, 0.15) is 40.5 Å². The second-order valence-corrected chi connectivity index (χ2v) is 4.46. The molecule has 0 N–H and O–H groups in total. The van der Waals surface area contributed by atoms with Gasteiger partial charge in [0.2, 0.25) is 0 Å². The molecule has 18 heavy (non-hydrogen) atoms. The molecule has 0 radical (unpaired) electrons. The summed E-state index contributed by atoms with van der Waals surface area (Å²) in [4.78, 5) is 0. The zero-order valence-electron chi connectivity index (χ0n) is 12.2. The molecule has 1 aliphatic rings. The van der Waals surface area contributed by atoms with Crippen LogP contribution in [0.15, 0.2) is 0 Å². The third kappa shape index (κ3) is 4.50. The Kier molecular flexibility index (Phi) is 7.82. The lowest BCUT2D eigenvalue weighted by molar-refractivity contribution is -0.180. The number of rotatable bonds is 8. The number of ether oxygens (including phenoxy) is 4. The molecule has 0 aromatic carbocycles. The Bertz CT molecular complexity index is 194. The molecule has 0 bridgehead atoms. The zero-order valence-corrected chi connectivity index (χ0v) is 12.2. The maximum absolute atomic E-state index is 5.83. The molecular formula is C14H28O4. The van der Waals surface area contributed by atoms with Gasteiger partial charge in [0.1, 0.15) is 6.10 Å². The van der Waals surface area contributed by atoms with Crippen LogP contribution in [-0.4, -0.2) is 50.8 Å². The molecule has 1 aliphatic carbocycles. The second-order valence-electron chi connectivity index (χ2n) is 4.46. The van der Waals surface area contributed by atoms with E-state index in [4.69, 9.17) is 18.9 Å². The highest BCUT2D eigenvalue weighted by molar-refractivity contribution is 4.90. The molecule has 0 amide bonds. The Morgan fingerprint density at radius 1 is 0.667 bits per heavy atom. The van der Waals surface area contributed by atoms with Gasteiger partial charge in [-0.1, -0.05) is 0 Å². The third-order valence-corrected chi connectivity index (χ3v) is 3.25. The molecule has 4 nitrogen and oxygen atoms in total. The predicted molar refractivity (Wildman–Crippen MR) is 70.9 cm³/mol. The molecule has 4 atom stereocenters. The molecule has 0 aromatic rings. The SMILES string of the molecule is CCOC1CC(OCC)C(OCC)[C@H](OCC)C1. The molecule has 0 spiro atoms. The predicted octanol–water partition coefficient (Wildman–Crippen LogP) is 2.40. The fraction of sp³-hybridized carbons (Fsp3) is 1.00. The first-order chi connectivity index (χ1) is 8.76. The summed E-state index contributed by atoms with van der Waals surface area (Å²) in [7, 11) is 0. The summed E-state index contributed by atoms with van der Waals surface area (Å²) >= 11 is 0. The molecule has 1 fully saturated rings. The first-order valence-electron chi connectivity index (χ1n) is 7.23. The first kappa shape index (κ1) is 15.9. The van der Waals surface area contributed by atoms with Crippen LogP contribution in [0.2, 0.25) is 0 Å². The molecule has 1 saturated carbocycles. The van der Waals surface area contributed by atoms with E-state index < -0.39 is 0 Å². The highest BCUT2D eigenvalue weighted by Gasteiger charge is 2.39. The fourth-order valence-electron chi connectivity index (χ4n) is 2.65. The van der Waals surface area contributed by atoms with Crippen molar-refractivity contribution in [3.63, 3.8) is 0 Å². The van der Waals surface area contributed by atoms with Gasteiger partial charge in [0.15, 0.2) is 0 Å². The van der Waals surface area contributed by atoms with Crippen LogP contribution in [0.4, 0.5) is 0 Å². The summed E-state index contributed by atoms with van der Waals surface area (Å²) in [5.41, 5.74) is 0. The zero-order chi connectivity index (χ0) is 13.4. The van der Waals surface area contributed by atoms with E-state index in [1.165, 1.54) is 0 Å². The molecule has 4 heteroatoms. The van der Waals surface area contributed by atoms with Crippen molar-refractivity contribution in [2.45, 2.75) is 65.0 Å². The number of hydrogen-bond donors (Lipinski definition) is 0. The van der Waals surface area contributed by atoms with Crippen molar-refractivity contribution in [3.8, 4) is 0 Å². The lowest BCUT2D eigenvalue weighted by atomic mass is 9.89. The Balaban J connectivity index is 2.68. The summed E-state index contributed by atoms with van der Waals surface area (Å²) in [5.74, 6) is 0. The average molecular weight is 260 g/mol. The van der Waals surface area contributed by atoms with Gasteiger partial charge in [0, 0.05) is 39.3 Å². The van der Waals surface area contributed by atoms with Crippen molar-refractivity contribution < 1.29 is 18.9 Å².